The Balaban J connectivity index is 2.38. The van der Waals surface area contributed by atoms with Crippen LogP contribution in [0.4, 0.5) is 9.59 Å². The Hall–Kier alpha value is -3.01. The average molecular weight is 481 g/mol. The zero-order valence-electron chi connectivity index (χ0n) is 21.0. The lowest BCUT2D eigenvalue weighted by Gasteiger charge is -2.30. The van der Waals surface area contributed by atoms with Gasteiger partial charge >= 0.3 is 18.2 Å². The molecule has 0 aromatic heterocycles. The maximum absolute atomic E-state index is 13.1. The van der Waals surface area contributed by atoms with Gasteiger partial charge in [0.05, 0.1) is 26.2 Å². The standard InChI is InChI=1S/C24H36N2O8/c1-23(2,3)33-21(28)26-14-18(31-22(29)34-24(4,5)6)20(32-19(27)13-25)17(26)12-15-8-10-16(30-7)11-9-15/h8-11,17-18,20H,12-14,25H2,1-7H3/t17-,18+,20+/m1/s1. The van der Waals surface area contributed by atoms with E-state index in [1.54, 1.807) is 60.8 Å². The molecule has 1 aromatic rings. The van der Waals surface area contributed by atoms with Crippen LogP contribution in [0.5, 0.6) is 5.75 Å². The fraction of sp³-hybridized carbons (Fsp3) is 0.625. The summed E-state index contributed by atoms with van der Waals surface area (Å²) in [4.78, 5) is 39.0. The van der Waals surface area contributed by atoms with E-state index in [0.29, 0.717) is 12.2 Å². The molecule has 1 heterocycles. The summed E-state index contributed by atoms with van der Waals surface area (Å²) in [6.07, 6.45) is -3.19. The summed E-state index contributed by atoms with van der Waals surface area (Å²) in [5.74, 6) is -0.00928. The second-order valence-electron chi connectivity index (χ2n) is 10.0. The second kappa shape index (κ2) is 10.9. The number of nitrogens with zero attached hydrogens (tertiary/aromatic N) is 1. The number of benzene rings is 1. The molecule has 0 spiro atoms. The summed E-state index contributed by atoms with van der Waals surface area (Å²) >= 11 is 0. The molecule has 3 atom stereocenters. The third-order valence-corrected chi connectivity index (χ3v) is 4.83. The number of hydrogen-bond donors (Lipinski definition) is 1. The molecule has 0 radical (unpaired) electrons. The van der Waals surface area contributed by atoms with Crippen LogP contribution >= 0.6 is 0 Å². The van der Waals surface area contributed by atoms with E-state index in [0.717, 1.165) is 5.56 Å². The minimum Gasteiger partial charge on any atom is -0.497 e. The van der Waals surface area contributed by atoms with Gasteiger partial charge < -0.3 is 29.4 Å². The second-order valence-corrected chi connectivity index (χ2v) is 10.0. The predicted molar refractivity (Wildman–Crippen MR) is 123 cm³/mol. The third kappa shape index (κ3) is 8.09. The SMILES string of the molecule is COc1ccc(C[C@@H]2[C@H](OC(=O)CN)[C@@H](OC(=O)OC(C)(C)C)CN2C(=O)OC(C)(C)C)cc1. The number of carbonyl (C=O) groups excluding carboxylic acids is 3. The van der Waals surface area contributed by atoms with Crippen LogP contribution < -0.4 is 10.5 Å². The van der Waals surface area contributed by atoms with Gasteiger partial charge in [-0.15, -0.1) is 0 Å². The number of methoxy groups -OCH3 is 1. The first-order valence-corrected chi connectivity index (χ1v) is 11.1. The highest BCUT2D eigenvalue weighted by Crippen LogP contribution is 2.30. The van der Waals surface area contributed by atoms with Crippen molar-refractivity contribution in [1.29, 1.82) is 0 Å². The Bertz CT molecular complexity index is 857. The van der Waals surface area contributed by atoms with Gasteiger partial charge in [-0.2, -0.15) is 0 Å². The van der Waals surface area contributed by atoms with Crippen molar-refractivity contribution in [2.75, 3.05) is 20.2 Å². The molecule has 1 saturated heterocycles. The van der Waals surface area contributed by atoms with Gasteiger partial charge in [0, 0.05) is 0 Å². The molecule has 1 amide bonds. The molecule has 1 aliphatic heterocycles. The summed E-state index contributed by atoms with van der Waals surface area (Å²) in [5.41, 5.74) is 4.77. The van der Waals surface area contributed by atoms with Crippen LogP contribution in [0.15, 0.2) is 24.3 Å². The Kier molecular flexibility index (Phi) is 8.77. The highest BCUT2D eigenvalue weighted by molar-refractivity contribution is 5.73. The first-order valence-electron chi connectivity index (χ1n) is 11.1. The van der Waals surface area contributed by atoms with Crippen molar-refractivity contribution in [2.24, 2.45) is 5.73 Å². The van der Waals surface area contributed by atoms with Gasteiger partial charge in [0.2, 0.25) is 0 Å². The van der Waals surface area contributed by atoms with Crippen molar-refractivity contribution in [3.8, 4) is 5.75 Å². The van der Waals surface area contributed by atoms with E-state index in [2.05, 4.69) is 0 Å². The number of likely N-dealkylation sites (tertiary alicyclic amines) is 1. The topological polar surface area (TPSA) is 127 Å². The molecule has 190 valence electrons. The minimum atomic E-state index is -0.974. The largest absolute Gasteiger partial charge is 0.509 e. The Labute approximate surface area is 200 Å². The van der Waals surface area contributed by atoms with Crippen LogP contribution in [0.2, 0.25) is 0 Å². The van der Waals surface area contributed by atoms with Gasteiger partial charge in [-0.05, 0) is 65.7 Å². The molecule has 0 unspecified atom stereocenters. The summed E-state index contributed by atoms with van der Waals surface area (Å²) in [6.45, 7) is 9.95. The molecule has 0 aliphatic carbocycles. The van der Waals surface area contributed by atoms with Crippen LogP contribution in [-0.4, -0.2) is 72.8 Å². The first kappa shape index (κ1) is 27.2. The normalized spacial score (nSPS) is 20.5. The van der Waals surface area contributed by atoms with E-state index in [1.165, 1.54) is 4.90 Å². The van der Waals surface area contributed by atoms with E-state index in [1.807, 2.05) is 12.1 Å². The first-order chi connectivity index (χ1) is 15.7. The number of esters is 1. The molecular weight excluding hydrogens is 444 g/mol. The zero-order valence-corrected chi connectivity index (χ0v) is 21.0. The molecule has 10 nitrogen and oxygen atoms in total. The summed E-state index contributed by atoms with van der Waals surface area (Å²) in [5, 5.41) is 0. The smallest absolute Gasteiger partial charge is 0.497 e. The van der Waals surface area contributed by atoms with Crippen molar-refractivity contribution >= 4 is 18.2 Å². The number of amides is 1. The van der Waals surface area contributed by atoms with E-state index in [4.69, 9.17) is 29.4 Å². The molecule has 0 bridgehead atoms. The Morgan fingerprint density at radius 1 is 0.971 bits per heavy atom. The quantitative estimate of drug-likeness (QED) is 0.483. The Morgan fingerprint density at radius 3 is 2.06 bits per heavy atom. The third-order valence-electron chi connectivity index (χ3n) is 4.83. The van der Waals surface area contributed by atoms with Gasteiger partial charge in [0.15, 0.2) is 12.2 Å². The van der Waals surface area contributed by atoms with Gasteiger partial charge in [-0.1, -0.05) is 12.1 Å². The van der Waals surface area contributed by atoms with Crippen LogP contribution in [0.1, 0.15) is 47.1 Å². The molecular formula is C24H36N2O8. The number of ether oxygens (including phenoxy) is 5. The van der Waals surface area contributed by atoms with Gasteiger partial charge in [-0.25, -0.2) is 9.59 Å². The van der Waals surface area contributed by atoms with E-state index >= 15 is 0 Å². The molecule has 2 rings (SSSR count). The zero-order chi connectivity index (χ0) is 25.7. The van der Waals surface area contributed by atoms with E-state index in [9.17, 15) is 14.4 Å². The number of carbonyl (C=O) groups is 3. The van der Waals surface area contributed by atoms with Crippen molar-refractivity contribution < 1.29 is 38.1 Å². The Morgan fingerprint density at radius 2 is 1.56 bits per heavy atom. The molecule has 34 heavy (non-hydrogen) atoms. The van der Waals surface area contributed by atoms with Crippen LogP contribution in [-0.2, 0) is 30.2 Å². The number of hydrogen-bond acceptors (Lipinski definition) is 9. The van der Waals surface area contributed by atoms with Crippen LogP contribution in [0, 0.1) is 0 Å². The molecule has 10 heteroatoms. The van der Waals surface area contributed by atoms with Gasteiger partial charge in [0.1, 0.15) is 17.0 Å². The molecule has 1 aliphatic rings. The van der Waals surface area contributed by atoms with Gasteiger partial charge in [0.25, 0.3) is 0 Å². The number of rotatable bonds is 6. The number of nitrogens with two attached hydrogens (primary N) is 1. The maximum atomic E-state index is 13.1. The summed E-state index contributed by atoms with van der Waals surface area (Å²) < 4.78 is 27.1. The molecule has 2 N–H and O–H groups in total. The highest BCUT2D eigenvalue weighted by Gasteiger charge is 2.50. The molecule has 1 fully saturated rings. The summed E-state index contributed by atoms with van der Waals surface area (Å²) in [6, 6.07) is 6.59. The van der Waals surface area contributed by atoms with Crippen LogP contribution in [0.25, 0.3) is 0 Å². The fourth-order valence-corrected chi connectivity index (χ4v) is 3.47. The van der Waals surface area contributed by atoms with Crippen LogP contribution in [0.3, 0.4) is 0 Å². The lowest BCUT2D eigenvalue weighted by atomic mass is 10.0. The van der Waals surface area contributed by atoms with Gasteiger partial charge in [-0.3, -0.25) is 9.69 Å². The van der Waals surface area contributed by atoms with Crippen molar-refractivity contribution in [3.05, 3.63) is 29.8 Å². The minimum absolute atomic E-state index is 0.0442. The average Bonchev–Trinajstić information content (AvgIpc) is 3.02. The fourth-order valence-electron chi connectivity index (χ4n) is 3.47. The molecule has 1 aromatic carbocycles. The lowest BCUT2D eigenvalue weighted by Crippen LogP contribution is -2.45. The maximum Gasteiger partial charge on any atom is 0.509 e. The molecule has 0 saturated carbocycles. The highest BCUT2D eigenvalue weighted by atomic mass is 16.7. The lowest BCUT2D eigenvalue weighted by molar-refractivity contribution is -0.154. The summed E-state index contributed by atoms with van der Waals surface area (Å²) in [7, 11) is 1.57. The van der Waals surface area contributed by atoms with E-state index in [-0.39, 0.29) is 13.1 Å². The van der Waals surface area contributed by atoms with E-state index < -0.39 is 47.7 Å². The van der Waals surface area contributed by atoms with Crippen molar-refractivity contribution in [2.45, 2.75) is 77.4 Å². The predicted octanol–water partition coefficient (Wildman–Crippen LogP) is 3.05. The van der Waals surface area contributed by atoms with Crippen molar-refractivity contribution in [1.82, 2.24) is 4.90 Å². The monoisotopic (exact) mass is 480 g/mol. The van der Waals surface area contributed by atoms with Crippen molar-refractivity contribution in [3.63, 3.8) is 0 Å².